The zero-order chi connectivity index (χ0) is 8.48. The summed E-state index contributed by atoms with van der Waals surface area (Å²) in [6.45, 7) is 0. The average molecular weight is 168 g/mol. The van der Waals surface area contributed by atoms with Crippen molar-refractivity contribution in [3.05, 3.63) is 18.0 Å². The van der Waals surface area contributed by atoms with Crippen molar-refractivity contribution in [1.29, 1.82) is 0 Å². The van der Waals surface area contributed by atoms with Crippen molar-refractivity contribution in [2.24, 2.45) is 0 Å². The molecule has 0 radical (unpaired) electrons. The first-order valence-electron chi connectivity index (χ1n) is 2.70. The lowest BCUT2D eigenvalue weighted by atomic mass is 10.2. The molecule has 0 amide bonds. The third-order valence-electron chi connectivity index (χ3n) is 1.16. The van der Waals surface area contributed by atoms with Crippen molar-refractivity contribution in [2.45, 2.75) is 12.3 Å². The Balaban J connectivity index is 2.90. The summed E-state index contributed by atoms with van der Waals surface area (Å²) < 4.78 is 47.8. The molecule has 0 bridgehead atoms. The standard InChI is InChI=1S/C5H4F4N2/c6-4(7)5(8,9)3-1-10-11-2-3/h1-2,4H,(H,10,11). The van der Waals surface area contributed by atoms with E-state index in [2.05, 4.69) is 5.10 Å². The van der Waals surface area contributed by atoms with Gasteiger partial charge in [-0.3, -0.25) is 5.10 Å². The maximum atomic E-state index is 12.3. The number of alkyl halides is 4. The second-order valence-electron chi connectivity index (χ2n) is 1.91. The van der Waals surface area contributed by atoms with Crippen LogP contribution in [0.25, 0.3) is 0 Å². The van der Waals surface area contributed by atoms with E-state index in [0.29, 0.717) is 6.20 Å². The second kappa shape index (κ2) is 2.52. The van der Waals surface area contributed by atoms with Gasteiger partial charge in [0.05, 0.1) is 11.8 Å². The highest BCUT2D eigenvalue weighted by molar-refractivity contribution is 5.11. The van der Waals surface area contributed by atoms with Crippen LogP contribution in [0, 0.1) is 0 Å². The molecule has 0 aliphatic rings. The fourth-order valence-corrected chi connectivity index (χ4v) is 0.559. The number of nitrogens with one attached hydrogen (secondary N) is 1. The van der Waals surface area contributed by atoms with Crippen LogP contribution in [0.15, 0.2) is 12.4 Å². The maximum absolute atomic E-state index is 12.3. The molecule has 0 spiro atoms. The Morgan fingerprint density at radius 3 is 2.45 bits per heavy atom. The molecule has 0 saturated heterocycles. The number of rotatable bonds is 2. The monoisotopic (exact) mass is 168 g/mol. The van der Waals surface area contributed by atoms with E-state index in [9.17, 15) is 17.6 Å². The van der Waals surface area contributed by atoms with Crippen molar-refractivity contribution in [3.8, 4) is 0 Å². The first-order chi connectivity index (χ1) is 5.05. The average Bonchev–Trinajstić information content (AvgIpc) is 2.37. The molecule has 0 aliphatic heterocycles. The first kappa shape index (κ1) is 8.03. The molecule has 62 valence electrons. The van der Waals surface area contributed by atoms with Crippen LogP contribution in [-0.4, -0.2) is 16.6 Å². The smallest absolute Gasteiger partial charge is 0.285 e. The zero-order valence-corrected chi connectivity index (χ0v) is 5.19. The quantitative estimate of drug-likeness (QED) is 0.669. The number of aromatic amines is 1. The van der Waals surface area contributed by atoms with E-state index in [1.165, 1.54) is 0 Å². The van der Waals surface area contributed by atoms with E-state index in [1.54, 1.807) is 0 Å². The summed E-state index contributed by atoms with van der Waals surface area (Å²) in [5.41, 5.74) is -0.799. The Bertz CT molecular complexity index is 218. The molecule has 1 aromatic heterocycles. The summed E-state index contributed by atoms with van der Waals surface area (Å²) >= 11 is 0. The molecular formula is C5H4F4N2. The van der Waals surface area contributed by atoms with Crippen LogP contribution in [0.1, 0.15) is 5.56 Å². The van der Waals surface area contributed by atoms with Crippen LogP contribution < -0.4 is 0 Å². The number of aromatic nitrogens is 2. The number of nitrogens with zero attached hydrogens (tertiary/aromatic N) is 1. The predicted molar refractivity (Wildman–Crippen MR) is 28.5 cm³/mol. The molecule has 1 N–H and O–H groups in total. The summed E-state index contributed by atoms with van der Waals surface area (Å²) in [6.07, 6.45) is -2.28. The van der Waals surface area contributed by atoms with E-state index in [1.807, 2.05) is 5.10 Å². The van der Waals surface area contributed by atoms with Crippen LogP contribution in [0.5, 0.6) is 0 Å². The number of halogens is 4. The highest BCUT2D eigenvalue weighted by Crippen LogP contribution is 2.33. The molecule has 0 fully saturated rings. The Morgan fingerprint density at radius 1 is 1.45 bits per heavy atom. The summed E-state index contributed by atoms with van der Waals surface area (Å²) in [7, 11) is 0. The third kappa shape index (κ3) is 1.33. The molecule has 0 saturated carbocycles. The lowest BCUT2D eigenvalue weighted by molar-refractivity contribution is -0.135. The SMILES string of the molecule is FC(F)C(F)(F)c1cn[nH]c1. The molecular weight excluding hydrogens is 164 g/mol. The Morgan fingerprint density at radius 2 is 2.09 bits per heavy atom. The Hall–Kier alpha value is -1.07. The highest BCUT2D eigenvalue weighted by atomic mass is 19.3. The predicted octanol–water partition coefficient (Wildman–Crippen LogP) is 1.77. The minimum Gasteiger partial charge on any atom is -0.285 e. The van der Waals surface area contributed by atoms with Gasteiger partial charge in [0.2, 0.25) is 0 Å². The van der Waals surface area contributed by atoms with E-state index in [-0.39, 0.29) is 0 Å². The molecule has 0 aliphatic carbocycles. The molecule has 0 unspecified atom stereocenters. The van der Waals surface area contributed by atoms with Gasteiger partial charge in [0, 0.05) is 6.20 Å². The molecule has 0 atom stereocenters. The van der Waals surface area contributed by atoms with Crippen molar-refractivity contribution in [3.63, 3.8) is 0 Å². The van der Waals surface area contributed by atoms with Crippen LogP contribution in [-0.2, 0) is 5.92 Å². The fourth-order valence-electron chi connectivity index (χ4n) is 0.559. The molecule has 0 aromatic carbocycles. The van der Waals surface area contributed by atoms with Gasteiger partial charge in [-0.15, -0.1) is 0 Å². The third-order valence-corrected chi connectivity index (χ3v) is 1.16. The lowest BCUT2D eigenvalue weighted by Gasteiger charge is -2.11. The maximum Gasteiger partial charge on any atom is 0.335 e. The molecule has 2 nitrogen and oxygen atoms in total. The molecule has 1 aromatic rings. The highest BCUT2D eigenvalue weighted by Gasteiger charge is 2.43. The van der Waals surface area contributed by atoms with Crippen LogP contribution in [0.3, 0.4) is 0 Å². The lowest BCUT2D eigenvalue weighted by Crippen LogP contribution is -2.22. The Kier molecular flexibility index (Phi) is 1.84. The minimum absolute atomic E-state index is 0.673. The summed E-state index contributed by atoms with van der Waals surface area (Å²) in [5.74, 6) is -4.10. The number of hydrogen-bond acceptors (Lipinski definition) is 1. The van der Waals surface area contributed by atoms with Crippen molar-refractivity contribution < 1.29 is 17.6 Å². The zero-order valence-electron chi connectivity index (χ0n) is 5.19. The minimum atomic E-state index is -4.10. The summed E-state index contributed by atoms with van der Waals surface area (Å²) in [4.78, 5) is 0. The summed E-state index contributed by atoms with van der Waals surface area (Å²) in [5, 5.41) is 5.16. The van der Waals surface area contributed by atoms with Crippen molar-refractivity contribution >= 4 is 0 Å². The van der Waals surface area contributed by atoms with Gasteiger partial charge >= 0.3 is 12.3 Å². The molecule has 1 rings (SSSR count). The van der Waals surface area contributed by atoms with E-state index < -0.39 is 17.9 Å². The van der Waals surface area contributed by atoms with E-state index >= 15 is 0 Å². The van der Waals surface area contributed by atoms with Gasteiger partial charge in [0.15, 0.2) is 0 Å². The number of H-pyrrole nitrogens is 1. The van der Waals surface area contributed by atoms with Gasteiger partial charge < -0.3 is 0 Å². The second-order valence-corrected chi connectivity index (χ2v) is 1.91. The van der Waals surface area contributed by atoms with Gasteiger partial charge in [-0.25, -0.2) is 8.78 Å². The van der Waals surface area contributed by atoms with Crippen molar-refractivity contribution in [2.75, 3.05) is 0 Å². The van der Waals surface area contributed by atoms with Gasteiger partial charge in [-0.2, -0.15) is 13.9 Å². The first-order valence-corrected chi connectivity index (χ1v) is 2.70. The largest absolute Gasteiger partial charge is 0.335 e. The topological polar surface area (TPSA) is 28.7 Å². The molecule has 6 heteroatoms. The van der Waals surface area contributed by atoms with Crippen LogP contribution in [0.2, 0.25) is 0 Å². The van der Waals surface area contributed by atoms with Gasteiger partial charge in [-0.1, -0.05) is 0 Å². The normalized spacial score (nSPS) is 12.5. The van der Waals surface area contributed by atoms with Crippen molar-refractivity contribution in [1.82, 2.24) is 10.2 Å². The van der Waals surface area contributed by atoms with Crippen LogP contribution >= 0.6 is 0 Å². The van der Waals surface area contributed by atoms with Gasteiger partial charge in [0.1, 0.15) is 0 Å². The molecule has 11 heavy (non-hydrogen) atoms. The molecule has 1 heterocycles. The summed E-state index contributed by atoms with van der Waals surface area (Å²) in [6, 6.07) is 0. The van der Waals surface area contributed by atoms with Gasteiger partial charge in [-0.05, 0) is 0 Å². The Labute approximate surface area is 59.2 Å². The van der Waals surface area contributed by atoms with Crippen LogP contribution in [0.4, 0.5) is 17.6 Å². The number of hydrogen-bond donors (Lipinski definition) is 1. The fraction of sp³-hybridized carbons (Fsp3) is 0.400. The van der Waals surface area contributed by atoms with E-state index in [0.717, 1.165) is 6.20 Å². The van der Waals surface area contributed by atoms with Gasteiger partial charge in [0.25, 0.3) is 0 Å². The van der Waals surface area contributed by atoms with E-state index in [4.69, 9.17) is 0 Å².